The summed E-state index contributed by atoms with van der Waals surface area (Å²) < 4.78 is 0. The first-order valence-corrected chi connectivity index (χ1v) is 3.73. The molecule has 2 bridgehead atoms. The molecule has 1 saturated heterocycles. The van der Waals surface area contributed by atoms with Crippen LogP contribution in [0.25, 0.3) is 0 Å². The molecule has 1 aliphatic heterocycles. The van der Waals surface area contributed by atoms with E-state index >= 15 is 0 Å². The van der Waals surface area contributed by atoms with Gasteiger partial charge in [-0.05, 0) is 25.3 Å². The molecule has 3 nitrogen and oxygen atoms in total. The topological polar surface area (TPSA) is 49.3 Å². The summed E-state index contributed by atoms with van der Waals surface area (Å²) in [7, 11) is 0. The molecule has 1 heterocycles. The molecule has 2 N–H and O–H groups in total. The lowest BCUT2D eigenvalue weighted by molar-refractivity contribution is -0.143. The number of piperidine rings is 1. The van der Waals surface area contributed by atoms with Gasteiger partial charge < -0.3 is 10.4 Å². The number of fused-ring (bicyclic) bond motifs is 2. The fourth-order valence-electron chi connectivity index (χ4n) is 2.14. The quantitative estimate of drug-likeness (QED) is 0.543. The second-order valence-electron chi connectivity index (χ2n) is 3.28. The van der Waals surface area contributed by atoms with E-state index in [0.717, 1.165) is 19.4 Å². The molecule has 1 saturated carbocycles. The fraction of sp³-hybridized carbons (Fsp3) is 0.857. The van der Waals surface area contributed by atoms with Crippen molar-refractivity contribution in [2.24, 2.45) is 11.8 Å². The summed E-state index contributed by atoms with van der Waals surface area (Å²) in [5.74, 6) is -0.234. The normalized spacial score (nSPS) is 44.2. The molecule has 2 rings (SSSR count). The summed E-state index contributed by atoms with van der Waals surface area (Å²) in [5, 5.41) is 12.0. The second-order valence-corrected chi connectivity index (χ2v) is 3.28. The van der Waals surface area contributed by atoms with E-state index in [1.807, 2.05) is 0 Å². The molecule has 10 heavy (non-hydrogen) atoms. The number of rotatable bonds is 1. The van der Waals surface area contributed by atoms with Gasteiger partial charge in [0.25, 0.3) is 0 Å². The second kappa shape index (κ2) is 1.95. The summed E-state index contributed by atoms with van der Waals surface area (Å²) in [6.07, 6.45) is 1.93. The van der Waals surface area contributed by atoms with Crippen LogP contribution in [0.4, 0.5) is 0 Å². The van der Waals surface area contributed by atoms with E-state index in [4.69, 9.17) is 5.11 Å². The van der Waals surface area contributed by atoms with Gasteiger partial charge in [-0.2, -0.15) is 0 Å². The monoisotopic (exact) mass is 141 g/mol. The summed E-state index contributed by atoms with van der Waals surface area (Å²) in [6.45, 7) is 0.918. The minimum absolute atomic E-state index is 0.0498. The zero-order chi connectivity index (χ0) is 7.14. The Labute approximate surface area is 59.4 Å². The first-order chi connectivity index (χ1) is 4.77. The number of carboxylic acid groups (broad SMARTS) is 1. The molecule has 0 aromatic rings. The van der Waals surface area contributed by atoms with Crippen LogP contribution in [-0.2, 0) is 4.79 Å². The Bertz CT molecular complexity index is 169. The highest BCUT2D eigenvalue weighted by Gasteiger charge is 2.42. The van der Waals surface area contributed by atoms with E-state index in [1.54, 1.807) is 0 Å². The van der Waals surface area contributed by atoms with E-state index in [0.29, 0.717) is 12.0 Å². The van der Waals surface area contributed by atoms with Gasteiger partial charge in [-0.3, -0.25) is 4.79 Å². The van der Waals surface area contributed by atoms with Crippen LogP contribution < -0.4 is 5.32 Å². The molecule has 0 aromatic carbocycles. The number of hydrogen-bond donors (Lipinski definition) is 2. The van der Waals surface area contributed by atoms with Gasteiger partial charge in [0, 0.05) is 6.04 Å². The lowest BCUT2D eigenvalue weighted by Gasteiger charge is -2.17. The van der Waals surface area contributed by atoms with Crippen LogP contribution in [0.2, 0.25) is 0 Å². The Hall–Kier alpha value is -0.570. The predicted octanol–water partition coefficient (Wildman–Crippen LogP) is 0.0690. The van der Waals surface area contributed by atoms with Crippen LogP contribution >= 0.6 is 0 Å². The number of carbonyl (C=O) groups is 1. The third kappa shape index (κ3) is 0.736. The minimum atomic E-state index is -0.603. The molecular weight excluding hydrogens is 130 g/mol. The smallest absolute Gasteiger partial charge is 0.306 e. The Morgan fingerprint density at radius 1 is 1.50 bits per heavy atom. The van der Waals surface area contributed by atoms with Gasteiger partial charge in [-0.1, -0.05) is 0 Å². The van der Waals surface area contributed by atoms with Crippen molar-refractivity contribution in [1.82, 2.24) is 5.32 Å². The van der Waals surface area contributed by atoms with Crippen LogP contribution in [0.1, 0.15) is 12.8 Å². The molecule has 2 fully saturated rings. The third-order valence-corrected chi connectivity index (χ3v) is 2.68. The zero-order valence-electron chi connectivity index (χ0n) is 5.71. The Kier molecular flexibility index (Phi) is 1.20. The molecule has 0 radical (unpaired) electrons. The van der Waals surface area contributed by atoms with Crippen molar-refractivity contribution < 1.29 is 9.90 Å². The molecular formula is C7H11NO2. The average Bonchev–Trinajstić information content (AvgIpc) is 2.44. The highest BCUT2D eigenvalue weighted by molar-refractivity contribution is 5.71. The van der Waals surface area contributed by atoms with Gasteiger partial charge in [0.05, 0.1) is 5.92 Å². The van der Waals surface area contributed by atoms with E-state index in [9.17, 15) is 4.79 Å². The standard InChI is InChI=1S/C7H11NO2/c9-7(10)6-2-5-1-4(6)3-8-5/h4-6,8H,1-3H2,(H,9,10). The maximum absolute atomic E-state index is 10.6. The van der Waals surface area contributed by atoms with Crippen molar-refractivity contribution in [2.45, 2.75) is 18.9 Å². The Balaban J connectivity index is 2.08. The van der Waals surface area contributed by atoms with E-state index < -0.39 is 5.97 Å². The first-order valence-electron chi connectivity index (χ1n) is 3.73. The maximum atomic E-state index is 10.6. The first kappa shape index (κ1) is 6.16. The molecule has 3 atom stereocenters. The molecule has 3 unspecified atom stereocenters. The Morgan fingerprint density at radius 2 is 2.30 bits per heavy atom. The Morgan fingerprint density at radius 3 is 2.60 bits per heavy atom. The van der Waals surface area contributed by atoms with E-state index in [-0.39, 0.29) is 5.92 Å². The SMILES string of the molecule is O=C(O)C1CC2CC1CN2. The lowest BCUT2D eigenvalue weighted by Crippen LogP contribution is -2.33. The van der Waals surface area contributed by atoms with Gasteiger partial charge in [0.2, 0.25) is 0 Å². The predicted molar refractivity (Wildman–Crippen MR) is 35.6 cm³/mol. The van der Waals surface area contributed by atoms with Gasteiger partial charge in [0.15, 0.2) is 0 Å². The van der Waals surface area contributed by atoms with Crippen LogP contribution in [0.3, 0.4) is 0 Å². The van der Waals surface area contributed by atoms with E-state index in [2.05, 4.69) is 5.32 Å². The van der Waals surface area contributed by atoms with Gasteiger partial charge in [-0.25, -0.2) is 0 Å². The van der Waals surface area contributed by atoms with Crippen molar-refractivity contribution in [3.8, 4) is 0 Å². The molecule has 3 heteroatoms. The van der Waals surface area contributed by atoms with Gasteiger partial charge in [0.1, 0.15) is 0 Å². The van der Waals surface area contributed by atoms with Gasteiger partial charge in [-0.15, -0.1) is 0 Å². The van der Waals surface area contributed by atoms with E-state index in [1.165, 1.54) is 0 Å². The lowest BCUT2D eigenvalue weighted by atomic mass is 9.96. The van der Waals surface area contributed by atoms with Crippen molar-refractivity contribution in [2.75, 3.05) is 6.54 Å². The average molecular weight is 141 g/mol. The largest absolute Gasteiger partial charge is 0.481 e. The summed E-state index contributed by atoms with van der Waals surface area (Å²) in [4.78, 5) is 10.6. The molecule has 56 valence electrons. The summed E-state index contributed by atoms with van der Waals surface area (Å²) in [5.41, 5.74) is 0. The van der Waals surface area contributed by atoms with Crippen LogP contribution in [0, 0.1) is 11.8 Å². The minimum Gasteiger partial charge on any atom is -0.481 e. The maximum Gasteiger partial charge on any atom is 0.306 e. The number of hydrogen-bond acceptors (Lipinski definition) is 2. The van der Waals surface area contributed by atoms with Crippen LogP contribution in [-0.4, -0.2) is 23.7 Å². The van der Waals surface area contributed by atoms with Crippen molar-refractivity contribution in [1.29, 1.82) is 0 Å². The van der Waals surface area contributed by atoms with Crippen molar-refractivity contribution >= 4 is 5.97 Å². The third-order valence-electron chi connectivity index (χ3n) is 2.68. The molecule has 0 amide bonds. The summed E-state index contributed by atoms with van der Waals surface area (Å²) >= 11 is 0. The number of nitrogens with one attached hydrogen (secondary N) is 1. The number of aliphatic carboxylic acids is 1. The zero-order valence-corrected chi connectivity index (χ0v) is 5.71. The van der Waals surface area contributed by atoms with Gasteiger partial charge >= 0.3 is 5.97 Å². The molecule has 2 aliphatic rings. The van der Waals surface area contributed by atoms with Crippen molar-refractivity contribution in [3.63, 3.8) is 0 Å². The summed E-state index contributed by atoms with van der Waals surface area (Å²) in [6, 6.07) is 0.506. The molecule has 0 aromatic heterocycles. The highest BCUT2D eigenvalue weighted by Crippen LogP contribution is 2.36. The van der Waals surface area contributed by atoms with Crippen LogP contribution in [0.15, 0.2) is 0 Å². The fourth-order valence-corrected chi connectivity index (χ4v) is 2.14. The molecule has 0 spiro atoms. The van der Waals surface area contributed by atoms with Crippen molar-refractivity contribution in [3.05, 3.63) is 0 Å². The molecule has 1 aliphatic carbocycles. The highest BCUT2D eigenvalue weighted by atomic mass is 16.4. The van der Waals surface area contributed by atoms with Crippen LogP contribution in [0.5, 0.6) is 0 Å². The number of carboxylic acids is 1.